The Morgan fingerprint density at radius 3 is 2.42 bits per heavy atom. The van der Waals surface area contributed by atoms with Crippen LogP contribution in [-0.4, -0.2) is 16.7 Å². The van der Waals surface area contributed by atoms with Crippen molar-refractivity contribution in [3.05, 3.63) is 12.2 Å². The Hall–Kier alpha value is -0.340. The molecular formula is C10H20O2. The van der Waals surface area contributed by atoms with Gasteiger partial charge in [-0.25, -0.2) is 0 Å². The van der Waals surface area contributed by atoms with E-state index in [0.717, 1.165) is 18.4 Å². The summed E-state index contributed by atoms with van der Waals surface area (Å²) in [5.74, 6) is 1.06. The minimum absolute atomic E-state index is 0. The summed E-state index contributed by atoms with van der Waals surface area (Å²) in [6.07, 6.45) is 3.19. The summed E-state index contributed by atoms with van der Waals surface area (Å²) in [4.78, 5) is 0. The zero-order valence-corrected chi connectivity index (χ0v) is 8.01. The lowest BCUT2D eigenvalue weighted by Crippen LogP contribution is -2.28. The minimum Gasteiger partial charge on any atom is -0.412 e. The molecule has 1 aliphatic carbocycles. The fourth-order valence-corrected chi connectivity index (χ4v) is 1.93. The first-order valence-corrected chi connectivity index (χ1v) is 4.44. The van der Waals surface area contributed by atoms with E-state index in [2.05, 4.69) is 13.5 Å². The first-order valence-electron chi connectivity index (χ1n) is 4.44. The van der Waals surface area contributed by atoms with E-state index in [0.29, 0.717) is 11.8 Å². The maximum absolute atomic E-state index is 9.65. The Labute approximate surface area is 74.6 Å². The first-order chi connectivity index (χ1) is 5.11. The summed E-state index contributed by atoms with van der Waals surface area (Å²) in [5.41, 5.74) is 1.14. The number of hydrogen-bond donors (Lipinski definition) is 1. The maximum Gasteiger partial charge on any atom is 0.0607 e. The van der Waals surface area contributed by atoms with Crippen LogP contribution in [0.5, 0.6) is 0 Å². The van der Waals surface area contributed by atoms with Crippen molar-refractivity contribution in [3.63, 3.8) is 0 Å². The van der Waals surface area contributed by atoms with Crippen LogP contribution < -0.4 is 0 Å². The molecule has 2 heteroatoms. The third-order valence-corrected chi connectivity index (χ3v) is 2.71. The van der Waals surface area contributed by atoms with Gasteiger partial charge in [-0.2, -0.15) is 0 Å². The van der Waals surface area contributed by atoms with E-state index < -0.39 is 0 Å². The van der Waals surface area contributed by atoms with Crippen LogP contribution in [0.3, 0.4) is 0 Å². The van der Waals surface area contributed by atoms with Gasteiger partial charge in [0.2, 0.25) is 0 Å². The Kier molecular flexibility index (Phi) is 4.50. The van der Waals surface area contributed by atoms with Crippen LogP contribution in [0, 0.1) is 11.8 Å². The molecule has 1 rings (SSSR count). The molecule has 0 spiro atoms. The molecule has 0 aromatic carbocycles. The monoisotopic (exact) mass is 172 g/mol. The van der Waals surface area contributed by atoms with E-state index >= 15 is 0 Å². The molecule has 2 nitrogen and oxygen atoms in total. The first kappa shape index (κ1) is 11.7. The highest BCUT2D eigenvalue weighted by molar-refractivity contribution is 5.01. The second-order valence-corrected chi connectivity index (χ2v) is 3.94. The Morgan fingerprint density at radius 1 is 1.42 bits per heavy atom. The van der Waals surface area contributed by atoms with Gasteiger partial charge in [0.1, 0.15) is 0 Å². The van der Waals surface area contributed by atoms with Gasteiger partial charge in [-0.05, 0) is 32.1 Å². The predicted octanol–water partition coefficient (Wildman–Crippen LogP) is 1.53. The number of aliphatic hydroxyl groups is 1. The van der Waals surface area contributed by atoms with Gasteiger partial charge in [0, 0.05) is 5.92 Å². The topological polar surface area (TPSA) is 51.7 Å². The average Bonchev–Trinajstić information content (AvgIpc) is 1.85. The highest BCUT2D eigenvalue weighted by Gasteiger charge is 2.26. The molecule has 0 amide bonds. The molecule has 1 aliphatic rings. The number of hydrogen-bond acceptors (Lipinski definition) is 1. The van der Waals surface area contributed by atoms with Crippen molar-refractivity contribution in [3.8, 4) is 0 Å². The van der Waals surface area contributed by atoms with Crippen LogP contribution in [0.25, 0.3) is 0 Å². The molecule has 3 atom stereocenters. The van der Waals surface area contributed by atoms with E-state index in [-0.39, 0.29) is 11.6 Å². The van der Waals surface area contributed by atoms with Crippen molar-refractivity contribution in [2.75, 3.05) is 0 Å². The fourth-order valence-electron chi connectivity index (χ4n) is 1.93. The van der Waals surface area contributed by atoms with Crippen LogP contribution in [-0.2, 0) is 0 Å². The lowest BCUT2D eigenvalue weighted by Gasteiger charge is -2.31. The van der Waals surface area contributed by atoms with E-state index in [9.17, 15) is 5.11 Å². The average molecular weight is 172 g/mol. The third kappa shape index (κ3) is 2.61. The third-order valence-electron chi connectivity index (χ3n) is 2.71. The molecule has 72 valence electrons. The second kappa shape index (κ2) is 4.63. The smallest absolute Gasteiger partial charge is 0.0607 e. The van der Waals surface area contributed by atoms with Crippen LogP contribution in [0.2, 0.25) is 0 Å². The van der Waals surface area contributed by atoms with E-state index in [1.165, 1.54) is 6.42 Å². The van der Waals surface area contributed by atoms with Crippen molar-refractivity contribution >= 4 is 0 Å². The maximum atomic E-state index is 9.65. The summed E-state index contributed by atoms with van der Waals surface area (Å²) < 4.78 is 0. The van der Waals surface area contributed by atoms with Crippen LogP contribution in [0.4, 0.5) is 0 Å². The van der Waals surface area contributed by atoms with E-state index in [4.69, 9.17) is 0 Å². The summed E-state index contributed by atoms with van der Waals surface area (Å²) in [7, 11) is 0. The summed E-state index contributed by atoms with van der Waals surface area (Å²) in [6.45, 7) is 8.12. The fraction of sp³-hybridized carbons (Fsp3) is 0.800. The Bertz CT molecular complexity index is 154. The van der Waals surface area contributed by atoms with Crippen molar-refractivity contribution in [2.24, 2.45) is 11.8 Å². The molecule has 0 unspecified atom stereocenters. The number of aliphatic hydroxyl groups excluding tert-OH is 1. The summed E-state index contributed by atoms with van der Waals surface area (Å²) in [5, 5.41) is 9.65. The van der Waals surface area contributed by atoms with E-state index in [1.807, 2.05) is 6.92 Å². The van der Waals surface area contributed by atoms with Gasteiger partial charge in [0.25, 0.3) is 0 Å². The highest BCUT2D eigenvalue weighted by Crippen LogP contribution is 2.32. The predicted molar refractivity (Wildman–Crippen MR) is 50.9 cm³/mol. The lowest BCUT2D eigenvalue weighted by molar-refractivity contribution is 0.0656. The minimum atomic E-state index is -0.128. The quantitative estimate of drug-likeness (QED) is 0.599. The largest absolute Gasteiger partial charge is 0.412 e. The van der Waals surface area contributed by atoms with Gasteiger partial charge >= 0.3 is 0 Å². The van der Waals surface area contributed by atoms with Crippen molar-refractivity contribution in [2.45, 2.75) is 39.2 Å². The zero-order valence-electron chi connectivity index (χ0n) is 8.01. The molecule has 0 radical (unpaired) electrons. The van der Waals surface area contributed by atoms with Gasteiger partial charge in [0.05, 0.1) is 6.10 Å². The molecule has 0 aromatic rings. The molecule has 1 saturated carbocycles. The van der Waals surface area contributed by atoms with E-state index in [1.54, 1.807) is 0 Å². The molecule has 0 bridgehead atoms. The SMILES string of the molecule is C=C(C)[C@@H]1CC[C@@H](C)C[C@H]1O.O. The molecule has 0 aliphatic heterocycles. The molecule has 0 heterocycles. The molecule has 0 aromatic heterocycles. The Balaban J connectivity index is 0.00000121. The van der Waals surface area contributed by atoms with Crippen LogP contribution >= 0.6 is 0 Å². The van der Waals surface area contributed by atoms with Crippen molar-refractivity contribution in [1.29, 1.82) is 0 Å². The van der Waals surface area contributed by atoms with Gasteiger partial charge in [-0.1, -0.05) is 19.1 Å². The molecule has 12 heavy (non-hydrogen) atoms. The standard InChI is InChI=1S/C10H18O.H2O/c1-7(2)9-5-4-8(3)6-10(9)11;/h8-11H,1,4-6H2,2-3H3;1H2/t8-,9+,10-;/m1./s1. The van der Waals surface area contributed by atoms with Gasteiger partial charge < -0.3 is 10.6 Å². The molecule has 3 N–H and O–H groups in total. The molecule has 0 saturated heterocycles. The molecule has 1 fully saturated rings. The normalized spacial score (nSPS) is 35.4. The van der Waals surface area contributed by atoms with Crippen LogP contribution in [0.1, 0.15) is 33.1 Å². The number of rotatable bonds is 1. The van der Waals surface area contributed by atoms with Crippen molar-refractivity contribution in [1.82, 2.24) is 0 Å². The zero-order chi connectivity index (χ0) is 8.43. The van der Waals surface area contributed by atoms with Crippen molar-refractivity contribution < 1.29 is 10.6 Å². The molecular weight excluding hydrogens is 152 g/mol. The summed E-state index contributed by atoms with van der Waals surface area (Å²) in [6, 6.07) is 0. The van der Waals surface area contributed by atoms with Gasteiger partial charge in [-0.3, -0.25) is 0 Å². The van der Waals surface area contributed by atoms with Gasteiger partial charge in [-0.15, -0.1) is 0 Å². The second-order valence-electron chi connectivity index (χ2n) is 3.94. The Morgan fingerprint density at radius 2 is 2.00 bits per heavy atom. The lowest BCUT2D eigenvalue weighted by atomic mass is 9.78. The van der Waals surface area contributed by atoms with Gasteiger partial charge in [0.15, 0.2) is 0 Å². The van der Waals surface area contributed by atoms with Crippen LogP contribution in [0.15, 0.2) is 12.2 Å². The highest BCUT2D eigenvalue weighted by atomic mass is 16.3. The summed E-state index contributed by atoms with van der Waals surface area (Å²) >= 11 is 0.